The minimum absolute atomic E-state index is 0.0221. The van der Waals surface area contributed by atoms with Gasteiger partial charge in [0, 0.05) is 61.2 Å². The SMILES string of the molecule is CN(Cc1cc2c3c(c1)c(=O)c(C(=O)NCc1ccc(Cl)cc1)cn3CC(=O)N2C)C[C@H](O)c1cccnc1. The van der Waals surface area contributed by atoms with Crippen LogP contribution in [0.15, 0.2) is 71.9 Å². The van der Waals surface area contributed by atoms with E-state index in [0.717, 1.165) is 11.1 Å². The van der Waals surface area contributed by atoms with Gasteiger partial charge in [-0.1, -0.05) is 29.8 Å². The first kappa shape index (κ1) is 26.6. The zero-order valence-electron chi connectivity index (χ0n) is 21.6. The van der Waals surface area contributed by atoms with Crippen molar-refractivity contribution in [3.8, 4) is 0 Å². The molecule has 0 bridgehead atoms. The van der Waals surface area contributed by atoms with Gasteiger partial charge in [-0.25, -0.2) is 0 Å². The van der Waals surface area contributed by atoms with Crippen molar-refractivity contribution in [1.29, 1.82) is 0 Å². The molecule has 39 heavy (non-hydrogen) atoms. The smallest absolute Gasteiger partial charge is 0.257 e. The molecule has 9 nitrogen and oxygen atoms in total. The molecule has 2 aromatic carbocycles. The Morgan fingerprint density at radius 1 is 1.18 bits per heavy atom. The third-order valence-corrected chi connectivity index (χ3v) is 7.12. The van der Waals surface area contributed by atoms with Crippen molar-refractivity contribution < 1.29 is 14.7 Å². The number of benzene rings is 2. The van der Waals surface area contributed by atoms with Crippen molar-refractivity contribution in [2.75, 3.05) is 25.5 Å². The van der Waals surface area contributed by atoms with Crippen molar-refractivity contribution in [3.05, 3.63) is 105 Å². The topological polar surface area (TPSA) is 108 Å². The lowest BCUT2D eigenvalue weighted by atomic mass is 10.0. The number of anilines is 1. The fourth-order valence-electron chi connectivity index (χ4n) is 4.83. The molecule has 2 aromatic heterocycles. The number of aromatic nitrogens is 2. The van der Waals surface area contributed by atoms with Gasteiger partial charge in [0.05, 0.1) is 17.3 Å². The van der Waals surface area contributed by atoms with Crippen LogP contribution in [0.25, 0.3) is 10.9 Å². The first-order valence-corrected chi connectivity index (χ1v) is 12.8. The first-order chi connectivity index (χ1) is 18.7. The summed E-state index contributed by atoms with van der Waals surface area (Å²) in [4.78, 5) is 47.0. The lowest BCUT2D eigenvalue weighted by Crippen LogP contribution is -2.37. The second kappa shape index (κ2) is 11.0. The van der Waals surface area contributed by atoms with Crippen molar-refractivity contribution in [1.82, 2.24) is 19.8 Å². The van der Waals surface area contributed by atoms with Gasteiger partial charge in [-0.2, -0.15) is 0 Å². The van der Waals surface area contributed by atoms with E-state index >= 15 is 0 Å². The van der Waals surface area contributed by atoms with Crippen LogP contribution in [0.5, 0.6) is 0 Å². The lowest BCUT2D eigenvalue weighted by molar-refractivity contribution is -0.119. The Kier molecular flexibility index (Phi) is 7.47. The van der Waals surface area contributed by atoms with E-state index in [9.17, 15) is 19.5 Å². The predicted octanol–water partition coefficient (Wildman–Crippen LogP) is 3.12. The molecule has 200 valence electrons. The number of aliphatic hydroxyl groups is 1. The highest BCUT2D eigenvalue weighted by Gasteiger charge is 2.27. The number of nitrogens with zero attached hydrogens (tertiary/aromatic N) is 4. The van der Waals surface area contributed by atoms with Crippen LogP contribution in [-0.4, -0.2) is 52.0 Å². The van der Waals surface area contributed by atoms with E-state index < -0.39 is 17.4 Å². The third kappa shape index (κ3) is 5.56. The highest BCUT2D eigenvalue weighted by Crippen LogP contribution is 2.31. The number of hydrogen-bond donors (Lipinski definition) is 2. The van der Waals surface area contributed by atoms with Gasteiger partial charge in [0.15, 0.2) is 0 Å². The normalized spacial score (nSPS) is 13.7. The molecule has 2 amide bonds. The summed E-state index contributed by atoms with van der Waals surface area (Å²) in [7, 11) is 3.54. The van der Waals surface area contributed by atoms with Gasteiger partial charge in [-0.3, -0.25) is 24.3 Å². The molecule has 1 atom stereocenters. The van der Waals surface area contributed by atoms with Gasteiger partial charge in [0.25, 0.3) is 5.91 Å². The zero-order valence-corrected chi connectivity index (χ0v) is 22.4. The molecule has 4 aromatic rings. The molecule has 0 saturated carbocycles. The Labute approximate surface area is 230 Å². The van der Waals surface area contributed by atoms with E-state index in [1.54, 1.807) is 60.4 Å². The Balaban J connectivity index is 1.46. The van der Waals surface area contributed by atoms with Crippen LogP contribution < -0.4 is 15.6 Å². The summed E-state index contributed by atoms with van der Waals surface area (Å²) in [6.07, 6.45) is 4.00. The fourth-order valence-corrected chi connectivity index (χ4v) is 4.95. The number of amides is 2. The number of likely N-dealkylation sites (N-methyl/N-ethyl adjacent to an activating group) is 2. The largest absolute Gasteiger partial charge is 0.387 e. The van der Waals surface area contributed by atoms with Crippen LogP contribution >= 0.6 is 11.6 Å². The number of carbonyl (C=O) groups is 2. The van der Waals surface area contributed by atoms with Crippen molar-refractivity contribution in [3.63, 3.8) is 0 Å². The van der Waals surface area contributed by atoms with Gasteiger partial charge >= 0.3 is 0 Å². The Hall–Kier alpha value is -4.05. The van der Waals surface area contributed by atoms with Crippen LogP contribution in [0.3, 0.4) is 0 Å². The van der Waals surface area contributed by atoms with Crippen LogP contribution in [0.1, 0.15) is 33.2 Å². The summed E-state index contributed by atoms with van der Waals surface area (Å²) in [6.45, 7) is 0.999. The van der Waals surface area contributed by atoms with Crippen LogP contribution in [-0.2, 0) is 24.4 Å². The molecule has 10 heteroatoms. The molecular formula is C29H28ClN5O4. The van der Waals surface area contributed by atoms with Crippen molar-refractivity contribution in [2.24, 2.45) is 0 Å². The van der Waals surface area contributed by atoms with Crippen molar-refractivity contribution >= 4 is 40.0 Å². The van der Waals surface area contributed by atoms with Crippen LogP contribution in [0, 0.1) is 0 Å². The monoisotopic (exact) mass is 545 g/mol. The summed E-state index contributed by atoms with van der Waals surface area (Å²) in [6, 6.07) is 14.3. The summed E-state index contributed by atoms with van der Waals surface area (Å²) < 4.78 is 1.67. The molecule has 0 radical (unpaired) electrons. The van der Waals surface area contributed by atoms with Crippen LogP contribution in [0.4, 0.5) is 5.69 Å². The summed E-state index contributed by atoms with van der Waals surface area (Å²) in [5, 5.41) is 14.4. The molecular weight excluding hydrogens is 518 g/mol. The fraction of sp³-hybridized carbons (Fsp3) is 0.241. The van der Waals surface area contributed by atoms with E-state index in [1.807, 2.05) is 24.1 Å². The zero-order chi connectivity index (χ0) is 27.7. The standard InChI is InChI=1S/C29H28ClN5O4/c1-33(16-25(36)20-4-3-9-31-13-20)14-19-10-22-27-24(11-19)34(2)26(37)17-35(27)15-23(28(22)38)29(39)32-12-18-5-7-21(30)8-6-18/h3-11,13,15,25,36H,12,14,16-17H2,1-2H3,(H,32,39)/t25-/m0/s1. The maximum atomic E-state index is 13.6. The summed E-state index contributed by atoms with van der Waals surface area (Å²) >= 11 is 5.94. The minimum Gasteiger partial charge on any atom is -0.387 e. The number of halogens is 1. The summed E-state index contributed by atoms with van der Waals surface area (Å²) in [5.41, 5.74) is 3.11. The average Bonchev–Trinajstić information content (AvgIpc) is 2.93. The van der Waals surface area contributed by atoms with Gasteiger partial charge in [0.2, 0.25) is 11.3 Å². The number of carbonyl (C=O) groups excluding carboxylic acids is 2. The highest BCUT2D eigenvalue weighted by atomic mass is 35.5. The lowest BCUT2D eigenvalue weighted by Gasteiger charge is -2.29. The van der Waals surface area contributed by atoms with Crippen molar-refractivity contribution in [2.45, 2.75) is 25.7 Å². The average molecular weight is 546 g/mol. The van der Waals surface area contributed by atoms with Crippen LogP contribution in [0.2, 0.25) is 5.02 Å². The highest BCUT2D eigenvalue weighted by molar-refractivity contribution is 6.30. The van der Waals surface area contributed by atoms with Gasteiger partial charge < -0.3 is 19.9 Å². The molecule has 0 aliphatic carbocycles. The maximum absolute atomic E-state index is 13.6. The first-order valence-electron chi connectivity index (χ1n) is 12.5. The van der Waals surface area contributed by atoms with E-state index in [2.05, 4.69) is 10.3 Å². The number of rotatable bonds is 8. The maximum Gasteiger partial charge on any atom is 0.257 e. The van der Waals surface area contributed by atoms with Gasteiger partial charge in [-0.05, 0) is 48.5 Å². The number of nitrogens with one attached hydrogen (secondary N) is 1. The second-order valence-corrected chi connectivity index (χ2v) is 10.2. The van der Waals surface area contributed by atoms with Gasteiger partial charge in [0.1, 0.15) is 12.1 Å². The molecule has 1 aliphatic heterocycles. The molecule has 1 aliphatic rings. The Bertz CT molecular complexity index is 1600. The molecule has 0 saturated heterocycles. The summed E-state index contributed by atoms with van der Waals surface area (Å²) in [5.74, 6) is -0.673. The Morgan fingerprint density at radius 2 is 1.95 bits per heavy atom. The second-order valence-electron chi connectivity index (χ2n) is 9.77. The predicted molar refractivity (Wildman–Crippen MR) is 150 cm³/mol. The number of pyridine rings is 2. The van der Waals surface area contributed by atoms with E-state index in [-0.39, 0.29) is 24.6 Å². The molecule has 3 heterocycles. The molecule has 0 spiro atoms. The molecule has 0 unspecified atom stereocenters. The molecule has 2 N–H and O–H groups in total. The van der Waals surface area contributed by atoms with E-state index in [1.165, 1.54) is 11.1 Å². The Morgan fingerprint density at radius 3 is 2.67 bits per heavy atom. The quantitative estimate of drug-likeness (QED) is 0.352. The van der Waals surface area contributed by atoms with Gasteiger partial charge in [-0.15, -0.1) is 0 Å². The molecule has 5 rings (SSSR count). The number of aliphatic hydroxyl groups excluding tert-OH is 1. The third-order valence-electron chi connectivity index (χ3n) is 6.87. The van der Waals surface area contributed by atoms with E-state index in [0.29, 0.717) is 40.3 Å². The minimum atomic E-state index is -0.736. The van der Waals surface area contributed by atoms with E-state index in [4.69, 9.17) is 11.6 Å². The molecule has 0 fully saturated rings. The number of hydrogen-bond acceptors (Lipinski definition) is 6.